The monoisotopic (exact) mass is 377 g/mol. The molecule has 23 heavy (non-hydrogen) atoms. The third kappa shape index (κ3) is 3.30. The summed E-state index contributed by atoms with van der Waals surface area (Å²) in [4.78, 5) is 14.6. The first-order valence-electron chi connectivity index (χ1n) is 7.72. The number of halogens is 1. The van der Waals surface area contributed by atoms with Crippen LogP contribution in [0.4, 0.5) is 0 Å². The van der Waals surface area contributed by atoms with Crippen LogP contribution in [-0.2, 0) is 0 Å². The molecule has 1 N–H and O–H groups in total. The van der Waals surface area contributed by atoms with Gasteiger partial charge in [-0.15, -0.1) is 5.10 Å². The lowest BCUT2D eigenvalue weighted by atomic mass is 10.1. The Balaban J connectivity index is 1.81. The SMILES string of the molecule is CNCC1CCN(C(=O)c2nnn(-c3cccc(Br)c3)c2C)C1. The van der Waals surface area contributed by atoms with Gasteiger partial charge in [-0.2, -0.15) is 0 Å². The number of amides is 1. The maximum absolute atomic E-state index is 12.7. The predicted molar refractivity (Wildman–Crippen MR) is 91.7 cm³/mol. The molecule has 7 heteroatoms. The Bertz CT molecular complexity index is 714. The molecule has 0 bridgehead atoms. The van der Waals surface area contributed by atoms with Crippen LogP contribution in [0, 0.1) is 12.8 Å². The van der Waals surface area contributed by atoms with Crippen LogP contribution in [0.15, 0.2) is 28.7 Å². The molecule has 1 atom stereocenters. The van der Waals surface area contributed by atoms with Gasteiger partial charge in [0.15, 0.2) is 5.69 Å². The number of benzene rings is 1. The zero-order valence-electron chi connectivity index (χ0n) is 13.3. The van der Waals surface area contributed by atoms with Gasteiger partial charge < -0.3 is 10.2 Å². The third-order valence-electron chi connectivity index (χ3n) is 4.22. The molecule has 0 radical (unpaired) electrons. The summed E-state index contributed by atoms with van der Waals surface area (Å²) in [7, 11) is 1.94. The van der Waals surface area contributed by atoms with Crippen molar-refractivity contribution in [1.82, 2.24) is 25.2 Å². The number of rotatable bonds is 4. The molecule has 1 aliphatic rings. The summed E-state index contributed by atoms with van der Waals surface area (Å²) < 4.78 is 2.67. The quantitative estimate of drug-likeness (QED) is 0.884. The van der Waals surface area contributed by atoms with Crippen LogP contribution in [0.1, 0.15) is 22.6 Å². The Hall–Kier alpha value is -1.73. The number of carbonyl (C=O) groups is 1. The van der Waals surface area contributed by atoms with Crippen LogP contribution in [0.2, 0.25) is 0 Å². The molecule has 2 heterocycles. The predicted octanol–water partition coefficient (Wildman–Crippen LogP) is 2.02. The van der Waals surface area contributed by atoms with E-state index in [1.807, 2.05) is 43.1 Å². The van der Waals surface area contributed by atoms with E-state index < -0.39 is 0 Å². The van der Waals surface area contributed by atoms with Crippen LogP contribution in [-0.4, -0.2) is 52.5 Å². The van der Waals surface area contributed by atoms with Gasteiger partial charge in [0.25, 0.3) is 5.91 Å². The topological polar surface area (TPSA) is 63.1 Å². The average molecular weight is 378 g/mol. The molecule has 2 aromatic rings. The smallest absolute Gasteiger partial charge is 0.276 e. The molecule has 1 unspecified atom stereocenters. The number of aromatic nitrogens is 3. The number of likely N-dealkylation sites (tertiary alicyclic amines) is 1. The van der Waals surface area contributed by atoms with Crippen molar-refractivity contribution in [3.63, 3.8) is 0 Å². The van der Waals surface area contributed by atoms with Crippen molar-refractivity contribution in [2.24, 2.45) is 5.92 Å². The molecule has 1 amide bonds. The van der Waals surface area contributed by atoms with Crippen LogP contribution in [0.3, 0.4) is 0 Å². The first kappa shape index (κ1) is 16.1. The van der Waals surface area contributed by atoms with Crippen LogP contribution in [0.25, 0.3) is 5.69 Å². The molecule has 0 spiro atoms. The molecule has 6 nitrogen and oxygen atoms in total. The van der Waals surface area contributed by atoms with Crippen molar-refractivity contribution in [1.29, 1.82) is 0 Å². The highest BCUT2D eigenvalue weighted by atomic mass is 79.9. The van der Waals surface area contributed by atoms with Crippen LogP contribution < -0.4 is 5.32 Å². The minimum Gasteiger partial charge on any atom is -0.337 e. The molecule has 122 valence electrons. The standard InChI is InChI=1S/C16H20BrN5O/c1-11-15(16(23)21-7-6-12(10-21)9-18-2)19-20-22(11)14-5-3-4-13(17)8-14/h3-5,8,12,18H,6-7,9-10H2,1-2H3. The largest absolute Gasteiger partial charge is 0.337 e. The fourth-order valence-corrected chi connectivity index (χ4v) is 3.39. The number of nitrogens with zero attached hydrogens (tertiary/aromatic N) is 4. The molecule has 1 aromatic heterocycles. The third-order valence-corrected chi connectivity index (χ3v) is 4.71. The summed E-state index contributed by atoms with van der Waals surface area (Å²) in [5.41, 5.74) is 2.10. The van der Waals surface area contributed by atoms with Gasteiger partial charge in [-0.1, -0.05) is 27.2 Å². The van der Waals surface area contributed by atoms with Gasteiger partial charge in [0.2, 0.25) is 0 Å². The zero-order chi connectivity index (χ0) is 16.4. The molecule has 1 fully saturated rings. The van der Waals surface area contributed by atoms with Crippen LogP contribution in [0.5, 0.6) is 0 Å². The molecular weight excluding hydrogens is 358 g/mol. The lowest BCUT2D eigenvalue weighted by molar-refractivity contribution is 0.0780. The van der Waals surface area contributed by atoms with Gasteiger partial charge >= 0.3 is 0 Å². The molecule has 1 aliphatic heterocycles. The van der Waals surface area contributed by atoms with E-state index in [0.29, 0.717) is 11.6 Å². The highest BCUT2D eigenvalue weighted by Gasteiger charge is 2.29. The first-order valence-corrected chi connectivity index (χ1v) is 8.51. The van der Waals surface area contributed by atoms with E-state index in [1.54, 1.807) is 4.68 Å². The van der Waals surface area contributed by atoms with Gasteiger partial charge in [0.1, 0.15) is 0 Å². The van der Waals surface area contributed by atoms with Crippen molar-refractivity contribution in [3.05, 3.63) is 40.1 Å². The van der Waals surface area contributed by atoms with Gasteiger partial charge in [-0.25, -0.2) is 4.68 Å². The summed E-state index contributed by atoms with van der Waals surface area (Å²) in [5, 5.41) is 11.5. The van der Waals surface area contributed by atoms with E-state index in [9.17, 15) is 4.79 Å². The lowest BCUT2D eigenvalue weighted by Gasteiger charge is -2.15. The average Bonchev–Trinajstić information content (AvgIpc) is 3.14. The Morgan fingerprint density at radius 3 is 3.04 bits per heavy atom. The fourth-order valence-electron chi connectivity index (χ4n) is 3.00. The molecule has 3 rings (SSSR count). The molecule has 0 aliphatic carbocycles. The summed E-state index contributed by atoms with van der Waals surface area (Å²) >= 11 is 3.45. The summed E-state index contributed by atoms with van der Waals surface area (Å²) in [5.74, 6) is 0.492. The van der Waals surface area contributed by atoms with E-state index >= 15 is 0 Å². The minimum absolute atomic E-state index is 0.0256. The number of hydrogen-bond donors (Lipinski definition) is 1. The zero-order valence-corrected chi connectivity index (χ0v) is 14.9. The second-order valence-electron chi connectivity index (χ2n) is 5.88. The molecular formula is C16H20BrN5O. The number of carbonyl (C=O) groups excluding carboxylic acids is 1. The summed E-state index contributed by atoms with van der Waals surface area (Å²) in [6, 6.07) is 7.78. The van der Waals surface area contributed by atoms with E-state index in [-0.39, 0.29) is 5.91 Å². The summed E-state index contributed by atoms with van der Waals surface area (Å²) in [6.45, 7) is 4.39. The van der Waals surface area contributed by atoms with Gasteiger partial charge in [0, 0.05) is 17.6 Å². The Kier molecular flexibility index (Phi) is 4.77. The second kappa shape index (κ2) is 6.80. The number of nitrogens with one attached hydrogen (secondary N) is 1. The maximum Gasteiger partial charge on any atom is 0.276 e. The normalized spacial score (nSPS) is 17.7. The van der Waals surface area contributed by atoms with E-state index in [1.165, 1.54) is 0 Å². The van der Waals surface area contributed by atoms with E-state index in [0.717, 1.165) is 41.9 Å². The lowest BCUT2D eigenvalue weighted by Crippen LogP contribution is -2.31. The Morgan fingerprint density at radius 2 is 2.30 bits per heavy atom. The second-order valence-corrected chi connectivity index (χ2v) is 6.79. The highest BCUT2D eigenvalue weighted by Crippen LogP contribution is 2.21. The van der Waals surface area contributed by atoms with Crippen molar-refractivity contribution in [3.8, 4) is 5.69 Å². The molecule has 1 saturated heterocycles. The van der Waals surface area contributed by atoms with Crippen molar-refractivity contribution in [2.45, 2.75) is 13.3 Å². The van der Waals surface area contributed by atoms with Gasteiger partial charge in [-0.3, -0.25) is 4.79 Å². The van der Waals surface area contributed by atoms with Gasteiger partial charge in [0.05, 0.1) is 11.4 Å². The van der Waals surface area contributed by atoms with Crippen LogP contribution >= 0.6 is 15.9 Å². The molecule has 0 saturated carbocycles. The highest BCUT2D eigenvalue weighted by molar-refractivity contribution is 9.10. The Morgan fingerprint density at radius 1 is 1.48 bits per heavy atom. The summed E-state index contributed by atoms with van der Waals surface area (Å²) in [6.07, 6.45) is 1.03. The van der Waals surface area contributed by atoms with E-state index in [2.05, 4.69) is 31.6 Å². The Labute approximate surface area is 144 Å². The fraction of sp³-hybridized carbons (Fsp3) is 0.438. The minimum atomic E-state index is -0.0256. The van der Waals surface area contributed by atoms with Crippen molar-refractivity contribution < 1.29 is 4.79 Å². The van der Waals surface area contributed by atoms with E-state index in [4.69, 9.17) is 0 Å². The first-order chi connectivity index (χ1) is 11.1. The van der Waals surface area contributed by atoms with Gasteiger partial charge in [-0.05, 0) is 51.1 Å². The molecule has 1 aromatic carbocycles. The van der Waals surface area contributed by atoms with Crippen molar-refractivity contribution >= 4 is 21.8 Å². The number of hydrogen-bond acceptors (Lipinski definition) is 4. The maximum atomic E-state index is 12.7. The van der Waals surface area contributed by atoms with Crippen molar-refractivity contribution in [2.75, 3.05) is 26.7 Å².